The van der Waals surface area contributed by atoms with Crippen molar-refractivity contribution in [1.29, 1.82) is 0 Å². The zero-order valence-electron chi connectivity index (χ0n) is 14.8. The number of hydrogen-bond donors (Lipinski definition) is 1. The normalized spacial score (nSPS) is 16.6. The molecule has 1 atom stereocenters. The summed E-state index contributed by atoms with van der Waals surface area (Å²) in [6, 6.07) is 13.4. The lowest BCUT2D eigenvalue weighted by atomic mass is 10.1. The average Bonchev–Trinajstić information content (AvgIpc) is 3.08. The highest BCUT2D eigenvalue weighted by atomic mass is 19.1. The lowest BCUT2D eigenvalue weighted by Gasteiger charge is -2.22. The SMILES string of the molecule is CN(CCc1ccccc1)C(=O)NC1CCN(c2ccc(F)cc2F)C1. The second kappa shape index (κ2) is 8.17. The van der Waals surface area contributed by atoms with Crippen molar-refractivity contribution in [2.24, 2.45) is 0 Å². The van der Waals surface area contributed by atoms with E-state index >= 15 is 0 Å². The first-order valence-corrected chi connectivity index (χ1v) is 8.78. The molecule has 1 fully saturated rings. The summed E-state index contributed by atoms with van der Waals surface area (Å²) < 4.78 is 27.0. The number of amides is 2. The predicted octanol–water partition coefficient (Wildman–Crippen LogP) is 3.43. The molecule has 26 heavy (non-hydrogen) atoms. The summed E-state index contributed by atoms with van der Waals surface area (Å²) in [5.74, 6) is -1.16. The summed E-state index contributed by atoms with van der Waals surface area (Å²) in [4.78, 5) is 15.8. The number of carbonyl (C=O) groups excluding carboxylic acids is 1. The van der Waals surface area contributed by atoms with E-state index in [0.29, 0.717) is 25.3 Å². The number of hydrogen-bond acceptors (Lipinski definition) is 2. The Balaban J connectivity index is 1.49. The number of halogens is 2. The van der Waals surface area contributed by atoms with E-state index in [1.807, 2.05) is 35.2 Å². The fraction of sp³-hybridized carbons (Fsp3) is 0.350. The van der Waals surface area contributed by atoms with E-state index in [1.165, 1.54) is 17.7 Å². The van der Waals surface area contributed by atoms with E-state index in [1.54, 1.807) is 11.9 Å². The number of likely N-dealkylation sites (N-methyl/N-ethyl adjacent to an activating group) is 1. The Morgan fingerprint density at radius 2 is 2.00 bits per heavy atom. The summed E-state index contributed by atoms with van der Waals surface area (Å²) in [5, 5.41) is 2.99. The molecule has 2 amide bonds. The van der Waals surface area contributed by atoms with Crippen LogP contribution in [0.5, 0.6) is 0 Å². The molecule has 6 heteroatoms. The molecular formula is C20H23F2N3O. The highest BCUT2D eigenvalue weighted by Crippen LogP contribution is 2.24. The first-order chi connectivity index (χ1) is 12.5. The Bertz CT molecular complexity index is 754. The average molecular weight is 359 g/mol. The third-order valence-electron chi connectivity index (χ3n) is 4.69. The van der Waals surface area contributed by atoms with Crippen molar-refractivity contribution in [3.8, 4) is 0 Å². The molecule has 0 saturated carbocycles. The van der Waals surface area contributed by atoms with Gasteiger partial charge in [-0.3, -0.25) is 0 Å². The number of nitrogens with zero attached hydrogens (tertiary/aromatic N) is 2. The minimum atomic E-state index is -0.588. The van der Waals surface area contributed by atoms with E-state index in [2.05, 4.69) is 5.32 Å². The Labute approximate surface area is 152 Å². The molecule has 0 aliphatic carbocycles. The molecule has 1 aliphatic rings. The van der Waals surface area contributed by atoms with E-state index in [4.69, 9.17) is 0 Å². The van der Waals surface area contributed by atoms with Gasteiger partial charge in [-0.15, -0.1) is 0 Å². The van der Waals surface area contributed by atoms with Gasteiger partial charge in [0.2, 0.25) is 0 Å². The molecular weight excluding hydrogens is 336 g/mol. The zero-order chi connectivity index (χ0) is 18.5. The number of rotatable bonds is 5. The summed E-state index contributed by atoms with van der Waals surface area (Å²) >= 11 is 0. The molecule has 1 saturated heterocycles. The van der Waals surface area contributed by atoms with Crippen molar-refractivity contribution >= 4 is 11.7 Å². The van der Waals surface area contributed by atoms with Gasteiger partial charge in [0.15, 0.2) is 0 Å². The van der Waals surface area contributed by atoms with Gasteiger partial charge >= 0.3 is 6.03 Å². The first-order valence-electron chi connectivity index (χ1n) is 8.78. The van der Waals surface area contributed by atoms with Crippen LogP contribution in [0, 0.1) is 11.6 Å². The summed E-state index contributed by atoms with van der Waals surface area (Å²) in [6.07, 6.45) is 1.53. The number of benzene rings is 2. The fourth-order valence-corrected chi connectivity index (χ4v) is 3.16. The van der Waals surface area contributed by atoms with Crippen molar-refractivity contribution in [1.82, 2.24) is 10.2 Å². The highest BCUT2D eigenvalue weighted by molar-refractivity contribution is 5.74. The predicted molar refractivity (Wildman–Crippen MR) is 98.3 cm³/mol. The van der Waals surface area contributed by atoms with Crippen LogP contribution in [-0.4, -0.2) is 43.7 Å². The smallest absolute Gasteiger partial charge is 0.317 e. The van der Waals surface area contributed by atoms with Crippen LogP contribution in [0.25, 0.3) is 0 Å². The van der Waals surface area contributed by atoms with Crippen LogP contribution in [0.2, 0.25) is 0 Å². The molecule has 4 nitrogen and oxygen atoms in total. The lowest BCUT2D eigenvalue weighted by molar-refractivity contribution is 0.206. The molecule has 0 bridgehead atoms. The number of anilines is 1. The number of nitrogens with one attached hydrogen (secondary N) is 1. The molecule has 2 aromatic carbocycles. The standard InChI is InChI=1S/C20H23F2N3O/c1-24(11-9-15-5-3-2-4-6-15)20(26)23-17-10-12-25(14-17)19-8-7-16(21)13-18(19)22/h2-8,13,17H,9-12,14H2,1H3,(H,23,26). The Morgan fingerprint density at radius 1 is 1.23 bits per heavy atom. The van der Waals surface area contributed by atoms with Crippen molar-refractivity contribution in [2.45, 2.75) is 18.9 Å². The largest absolute Gasteiger partial charge is 0.367 e. The second-order valence-electron chi connectivity index (χ2n) is 6.63. The fourth-order valence-electron chi connectivity index (χ4n) is 3.16. The third kappa shape index (κ3) is 4.50. The van der Waals surface area contributed by atoms with Crippen molar-refractivity contribution < 1.29 is 13.6 Å². The van der Waals surface area contributed by atoms with Gasteiger partial charge in [-0.05, 0) is 30.5 Å². The van der Waals surface area contributed by atoms with Crippen LogP contribution >= 0.6 is 0 Å². The van der Waals surface area contributed by atoms with Gasteiger partial charge in [-0.1, -0.05) is 30.3 Å². The topological polar surface area (TPSA) is 35.6 Å². The summed E-state index contributed by atoms with van der Waals surface area (Å²) in [5.41, 5.74) is 1.56. The van der Waals surface area contributed by atoms with Gasteiger partial charge in [0.25, 0.3) is 0 Å². The van der Waals surface area contributed by atoms with E-state index in [9.17, 15) is 13.6 Å². The lowest BCUT2D eigenvalue weighted by Crippen LogP contribution is -2.44. The van der Waals surface area contributed by atoms with Crippen molar-refractivity contribution in [3.05, 3.63) is 65.7 Å². The Kier molecular flexibility index (Phi) is 5.71. The molecule has 0 radical (unpaired) electrons. The number of carbonyl (C=O) groups is 1. The summed E-state index contributed by atoms with van der Waals surface area (Å²) in [6.45, 7) is 1.76. The summed E-state index contributed by atoms with van der Waals surface area (Å²) in [7, 11) is 1.77. The van der Waals surface area contributed by atoms with Crippen LogP contribution in [0.1, 0.15) is 12.0 Å². The Hall–Kier alpha value is -2.63. The molecule has 0 aromatic heterocycles. The maximum absolute atomic E-state index is 13.9. The minimum absolute atomic E-state index is 0.0499. The maximum atomic E-state index is 13.9. The van der Waals surface area contributed by atoms with Gasteiger partial charge in [0.05, 0.1) is 5.69 Å². The van der Waals surface area contributed by atoms with Crippen molar-refractivity contribution in [3.63, 3.8) is 0 Å². The van der Waals surface area contributed by atoms with Gasteiger partial charge < -0.3 is 15.1 Å². The van der Waals surface area contributed by atoms with Gasteiger partial charge in [0.1, 0.15) is 11.6 Å². The Morgan fingerprint density at radius 3 is 2.73 bits per heavy atom. The molecule has 0 spiro atoms. The molecule has 1 N–H and O–H groups in total. The highest BCUT2D eigenvalue weighted by Gasteiger charge is 2.26. The first kappa shape index (κ1) is 18.2. The van der Waals surface area contributed by atoms with E-state index in [0.717, 1.165) is 18.9 Å². The third-order valence-corrected chi connectivity index (χ3v) is 4.69. The quantitative estimate of drug-likeness (QED) is 0.888. The molecule has 2 aromatic rings. The van der Waals surface area contributed by atoms with Crippen LogP contribution < -0.4 is 10.2 Å². The van der Waals surface area contributed by atoms with Gasteiger partial charge in [-0.2, -0.15) is 0 Å². The molecule has 138 valence electrons. The van der Waals surface area contributed by atoms with E-state index in [-0.39, 0.29) is 12.1 Å². The van der Waals surface area contributed by atoms with Gasteiger partial charge in [0, 0.05) is 38.8 Å². The zero-order valence-corrected chi connectivity index (χ0v) is 14.8. The van der Waals surface area contributed by atoms with Crippen LogP contribution in [0.3, 0.4) is 0 Å². The second-order valence-corrected chi connectivity index (χ2v) is 6.63. The van der Waals surface area contributed by atoms with Crippen LogP contribution in [0.15, 0.2) is 48.5 Å². The maximum Gasteiger partial charge on any atom is 0.317 e. The van der Waals surface area contributed by atoms with E-state index < -0.39 is 11.6 Å². The molecule has 1 aliphatic heterocycles. The van der Waals surface area contributed by atoms with Crippen molar-refractivity contribution in [2.75, 3.05) is 31.6 Å². The molecule has 1 unspecified atom stereocenters. The van der Waals surface area contributed by atoms with Gasteiger partial charge in [-0.25, -0.2) is 13.6 Å². The monoisotopic (exact) mass is 359 g/mol. The molecule has 3 rings (SSSR count). The van der Waals surface area contributed by atoms with Crippen LogP contribution in [0.4, 0.5) is 19.3 Å². The minimum Gasteiger partial charge on any atom is -0.367 e. The van der Waals surface area contributed by atoms with Crippen LogP contribution in [-0.2, 0) is 6.42 Å². The molecule has 1 heterocycles. The number of urea groups is 1.